The summed E-state index contributed by atoms with van der Waals surface area (Å²) in [6.07, 6.45) is -10.2. The third-order valence-electron chi connectivity index (χ3n) is 4.19. The Bertz CT molecular complexity index is 941. The summed E-state index contributed by atoms with van der Waals surface area (Å²) in [5, 5.41) is 18.6. The van der Waals surface area contributed by atoms with Crippen LogP contribution in [0.4, 0.5) is 26.3 Å². The Morgan fingerprint density at radius 2 is 1.21 bits per heavy atom. The van der Waals surface area contributed by atoms with Gasteiger partial charge in [-0.3, -0.25) is 0 Å². The zero-order chi connectivity index (χ0) is 21.6. The maximum atomic E-state index is 13.1. The third-order valence-corrected chi connectivity index (χ3v) is 4.19. The van der Waals surface area contributed by atoms with Crippen LogP contribution in [0.5, 0.6) is 0 Å². The highest BCUT2D eigenvalue weighted by Crippen LogP contribution is 2.40. The first-order valence-corrected chi connectivity index (χ1v) is 7.55. The van der Waals surface area contributed by atoms with E-state index in [1.54, 1.807) is 0 Å². The number of benzene rings is 2. The van der Waals surface area contributed by atoms with Crippen LogP contribution in [-0.4, -0.2) is 22.2 Å². The van der Waals surface area contributed by atoms with Crippen LogP contribution in [0.2, 0.25) is 0 Å². The van der Waals surface area contributed by atoms with Crippen molar-refractivity contribution < 1.29 is 46.1 Å². The first-order valence-electron chi connectivity index (χ1n) is 7.55. The van der Waals surface area contributed by atoms with E-state index in [1.807, 2.05) is 0 Å². The van der Waals surface area contributed by atoms with Crippen molar-refractivity contribution in [3.05, 3.63) is 57.6 Å². The van der Waals surface area contributed by atoms with Crippen LogP contribution in [0.15, 0.2) is 24.3 Å². The van der Waals surface area contributed by atoms with E-state index in [4.69, 9.17) is 0 Å². The molecule has 0 unspecified atom stereocenters. The molecule has 150 valence electrons. The summed E-state index contributed by atoms with van der Waals surface area (Å²) >= 11 is 0. The van der Waals surface area contributed by atoms with Crippen LogP contribution in [-0.2, 0) is 12.4 Å². The van der Waals surface area contributed by atoms with Crippen molar-refractivity contribution in [1.82, 2.24) is 0 Å². The first-order chi connectivity index (χ1) is 12.6. The molecule has 0 radical (unpaired) electrons. The molecule has 0 aliphatic heterocycles. The molecular formula is C18H12F6O4. The fourth-order valence-electron chi connectivity index (χ4n) is 2.86. The molecule has 28 heavy (non-hydrogen) atoms. The Kier molecular flexibility index (Phi) is 5.20. The molecule has 0 aliphatic carbocycles. The van der Waals surface area contributed by atoms with E-state index in [0.29, 0.717) is 12.1 Å². The van der Waals surface area contributed by atoms with Crippen LogP contribution < -0.4 is 0 Å². The van der Waals surface area contributed by atoms with Crippen LogP contribution in [0.1, 0.15) is 43.0 Å². The number of carboxylic acids is 2. The average molecular weight is 406 g/mol. The SMILES string of the molecule is Cc1c(C(=O)O)cc(-c2cc(C(F)(F)F)cc(C(F)(F)F)c2)c(C)c1C(=O)O. The molecule has 0 fully saturated rings. The number of aromatic carboxylic acids is 2. The number of rotatable bonds is 3. The second-order valence-electron chi connectivity index (χ2n) is 6.00. The number of carbonyl (C=O) groups is 2. The van der Waals surface area contributed by atoms with Gasteiger partial charge in [-0.2, -0.15) is 26.3 Å². The summed E-state index contributed by atoms with van der Waals surface area (Å²) in [5.74, 6) is -3.12. The maximum absolute atomic E-state index is 13.1. The Balaban J connectivity index is 2.95. The van der Waals surface area contributed by atoms with E-state index < -0.39 is 52.1 Å². The molecule has 0 atom stereocenters. The molecule has 0 aromatic heterocycles. The number of carboxylic acid groups (broad SMARTS) is 2. The summed E-state index contributed by atoms with van der Waals surface area (Å²) in [7, 11) is 0. The molecule has 2 aromatic rings. The van der Waals surface area contributed by atoms with Gasteiger partial charge in [0, 0.05) is 0 Å². The summed E-state index contributed by atoms with van der Waals surface area (Å²) in [5.41, 5.74) is -5.48. The summed E-state index contributed by atoms with van der Waals surface area (Å²) in [6, 6.07) is 1.65. The second kappa shape index (κ2) is 6.84. The Morgan fingerprint density at radius 1 is 0.750 bits per heavy atom. The van der Waals surface area contributed by atoms with Gasteiger partial charge in [-0.1, -0.05) is 0 Å². The molecule has 0 aliphatic rings. The predicted molar refractivity (Wildman–Crippen MR) is 85.3 cm³/mol. The molecule has 10 heteroatoms. The monoisotopic (exact) mass is 406 g/mol. The van der Waals surface area contributed by atoms with Gasteiger partial charge in [-0.05, 0) is 60.4 Å². The van der Waals surface area contributed by atoms with Gasteiger partial charge in [0.25, 0.3) is 0 Å². The molecule has 2 N–H and O–H groups in total. The number of alkyl halides is 6. The third kappa shape index (κ3) is 3.95. The van der Waals surface area contributed by atoms with Crippen molar-refractivity contribution in [2.75, 3.05) is 0 Å². The van der Waals surface area contributed by atoms with E-state index in [1.165, 1.54) is 13.8 Å². The minimum atomic E-state index is -5.10. The van der Waals surface area contributed by atoms with Crippen molar-refractivity contribution in [3.8, 4) is 11.1 Å². The number of hydrogen-bond acceptors (Lipinski definition) is 2. The van der Waals surface area contributed by atoms with Crippen molar-refractivity contribution in [2.45, 2.75) is 26.2 Å². The second-order valence-corrected chi connectivity index (χ2v) is 6.00. The topological polar surface area (TPSA) is 74.6 Å². The van der Waals surface area contributed by atoms with E-state index >= 15 is 0 Å². The Morgan fingerprint density at radius 3 is 1.57 bits per heavy atom. The van der Waals surface area contributed by atoms with Crippen LogP contribution >= 0.6 is 0 Å². The van der Waals surface area contributed by atoms with Gasteiger partial charge >= 0.3 is 24.3 Å². The quantitative estimate of drug-likeness (QED) is 0.669. The minimum Gasteiger partial charge on any atom is -0.478 e. The zero-order valence-electron chi connectivity index (χ0n) is 14.3. The smallest absolute Gasteiger partial charge is 0.416 e. The lowest BCUT2D eigenvalue weighted by atomic mass is 9.88. The van der Waals surface area contributed by atoms with Gasteiger partial charge in [0.15, 0.2) is 0 Å². The highest BCUT2D eigenvalue weighted by Gasteiger charge is 2.37. The molecule has 0 heterocycles. The van der Waals surface area contributed by atoms with Gasteiger partial charge in [-0.15, -0.1) is 0 Å². The molecule has 4 nitrogen and oxygen atoms in total. The first kappa shape index (κ1) is 21.3. The van der Waals surface area contributed by atoms with Crippen molar-refractivity contribution in [2.24, 2.45) is 0 Å². The van der Waals surface area contributed by atoms with E-state index in [-0.39, 0.29) is 22.8 Å². The lowest BCUT2D eigenvalue weighted by Gasteiger charge is -2.18. The zero-order valence-corrected chi connectivity index (χ0v) is 14.3. The van der Waals surface area contributed by atoms with Crippen molar-refractivity contribution in [1.29, 1.82) is 0 Å². The molecular weight excluding hydrogens is 394 g/mol. The van der Waals surface area contributed by atoms with Crippen LogP contribution in [0, 0.1) is 13.8 Å². The summed E-state index contributed by atoms with van der Waals surface area (Å²) < 4.78 is 78.5. The largest absolute Gasteiger partial charge is 0.478 e. The van der Waals surface area contributed by atoms with Gasteiger partial charge in [-0.25, -0.2) is 9.59 Å². The summed E-state index contributed by atoms with van der Waals surface area (Å²) in [4.78, 5) is 22.9. The number of hydrogen-bond donors (Lipinski definition) is 2. The molecule has 0 amide bonds. The van der Waals surface area contributed by atoms with E-state index in [9.17, 15) is 46.1 Å². The van der Waals surface area contributed by atoms with E-state index in [2.05, 4.69) is 0 Å². The Hall–Kier alpha value is -3.04. The Labute approximate surface area is 154 Å². The number of halogens is 6. The van der Waals surface area contributed by atoms with Crippen LogP contribution in [0.25, 0.3) is 11.1 Å². The fourth-order valence-corrected chi connectivity index (χ4v) is 2.86. The van der Waals surface area contributed by atoms with Gasteiger partial charge in [0.05, 0.1) is 22.3 Å². The normalized spacial score (nSPS) is 12.1. The maximum Gasteiger partial charge on any atom is 0.416 e. The molecule has 2 rings (SSSR count). The highest BCUT2D eigenvalue weighted by atomic mass is 19.4. The van der Waals surface area contributed by atoms with Crippen LogP contribution in [0.3, 0.4) is 0 Å². The molecule has 0 saturated carbocycles. The van der Waals surface area contributed by atoms with E-state index in [0.717, 1.165) is 6.07 Å². The summed E-state index contributed by atoms with van der Waals surface area (Å²) in [6.45, 7) is 2.38. The lowest BCUT2D eigenvalue weighted by molar-refractivity contribution is -0.143. The van der Waals surface area contributed by atoms with Gasteiger partial charge < -0.3 is 10.2 Å². The molecule has 0 bridgehead atoms. The molecule has 0 saturated heterocycles. The highest BCUT2D eigenvalue weighted by molar-refractivity contribution is 6.00. The predicted octanol–water partition coefficient (Wildman–Crippen LogP) is 5.40. The fraction of sp³-hybridized carbons (Fsp3) is 0.222. The lowest BCUT2D eigenvalue weighted by Crippen LogP contribution is -2.13. The minimum absolute atomic E-state index is 0.0662. The van der Waals surface area contributed by atoms with Crippen molar-refractivity contribution in [3.63, 3.8) is 0 Å². The average Bonchev–Trinajstić information content (AvgIpc) is 2.52. The molecule has 2 aromatic carbocycles. The molecule has 0 spiro atoms. The van der Waals surface area contributed by atoms with Gasteiger partial charge in [0.1, 0.15) is 0 Å². The van der Waals surface area contributed by atoms with Gasteiger partial charge in [0.2, 0.25) is 0 Å². The standard InChI is InChI=1S/C18H12F6O4/c1-7-12(6-13(15(25)26)8(2)14(7)16(27)28)9-3-10(17(19,20)21)5-11(4-9)18(22,23)24/h3-6H,1-2H3,(H,25,26)(H,27,28). The van der Waals surface area contributed by atoms with Crippen molar-refractivity contribution >= 4 is 11.9 Å².